The number of aromatic nitrogens is 5. The fourth-order valence-electron chi connectivity index (χ4n) is 1.66. The minimum absolute atomic E-state index is 0.0144. The van der Waals surface area contributed by atoms with Crippen LogP contribution in [0.4, 0.5) is 14.7 Å². The molecule has 0 saturated heterocycles. The molecule has 1 aromatic carbocycles. The molecule has 100 valence electrons. The highest BCUT2D eigenvalue weighted by Crippen LogP contribution is 2.21. The van der Waals surface area contributed by atoms with E-state index in [9.17, 15) is 8.78 Å². The Hall–Kier alpha value is -2.90. The minimum Gasteiger partial charge on any atom is -0.368 e. The molecular formula is C12H8F2N6. The lowest BCUT2D eigenvalue weighted by atomic mass is 10.2. The summed E-state index contributed by atoms with van der Waals surface area (Å²) in [6.45, 7) is 0. The van der Waals surface area contributed by atoms with Gasteiger partial charge in [0, 0.05) is 18.5 Å². The van der Waals surface area contributed by atoms with Gasteiger partial charge >= 0.3 is 0 Å². The number of anilines is 1. The molecule has 0 saturated carbocycles. The van der Waals surface area contributed by atoms with E-state index in [2.05, 4.69) is 20.1 Å². The number of nitrogens with zero attached hydrogens (tertiary/aromatic N) is 5. The highest BCUT2D eigenvalue weighted by atomic mass is 19.1. The smallest absolute Gasteiger partial charge is 0.255 e. The predicted octanol–water partition coefficient (Wildman–Crippen LogP) is 1.58. The second kappa shape index (κ2) is 4.65. The third kappa shape index (κ3) is 2.18. The van der Waals surface area contributed by atoms with Crippen molar-refractivity contribution < 1.29 is 8.78 Å². The van der Waals surface area contributed by atoms with E-state index in [4.69, 9.17) is 5.73 Å². The van der Waals surface area contributed by atoms with Crippen molar-refractivity contribution in [2.45, 2.75) is 0 Å². The largest absolute Gasteiger partial charge is 0.368 e. The molecule has 0 fully saturated rings. The van der Waals surface area contributed by atoms with Crippen molar-refractivity contribution in [2.75, 3.05) is 5.73 Å². The first-order valence-corrected chi connectivity index (χ1v) is 5.60. The van der Waals surface area contributed by atoms with E-state index in [1.807, 2.05) is 0 Å². The highest BCUT2D eigenvalue weighted by Gasteiger charge is 2.13. The van der Waals surface area contributed by atoms with Gasteiger partial charge in [-0.1, -0.05) is 0 Å². The molecule has 0 aliphatic carbocycles. The summed E-state index contributed by atoms with van der Waals surface area (Å²) in [6.07, 6.45) is 3.15. The molecule has 0 aliphatic rings. The molecule has 0 aliphatic heterocycles. The second-order valence-corrected chi connectivity index (χ2v) is 3.89. The number of nitrogens with two attached hydrogens (primary N) is 1. The number of benzene rings is 1. The summed E-state index contributed by atoms with van der Waals surface area (Å²) in [7, 11) is 0. The van der Waals surface area contributed by atoms with Crippen molar-refractivity contribution >= 4 is 5.95 Å². The van der Waals surface area contributed by atoms with Crippen LogP contribution >= 0.6 is 0 Å². The molecular weight excluding hydrogens is 266 g/mol. The van der Waals surface area contributed by atoms with Crippen LogP contribution in [0.15, 0.2) is 36.7 Å². The molecule has 8 heteroatoms. The summed E-state index contributed by atoms with van der Waals surface area (Å²) in [5.74, 6) is -1.37. The van der Waals surface area contributed by atoms with Gasteiger partial charge in [0.1, 0.15) is 11.6 Å². The van der Waals surface area contributed by atoms with E-state index in [1.54, 1.807) is 12.3 Å². The third-order valence-electron chi connectivity index (χ3n) is 2.52. The van der Waals surface area contributed by atoms with Crippen molar-refractivity contribution in [3.63, 3.8) is 0 Å². The Bertz CT molecular complexity index is 757. The number of nitrogen functional groups attached to an aromatic ring is 1. The van der Waals surface area contributed by atoms with Gasteiger partial charge in [0.05, 0.1) is 5.56 Å². The lowest BCUT2D eigenvalue weighted by Gasteiger charge is -2.05. The number of hydrogen-bond acceptors (Lipinski definition) is 5. The summed E-state index contributed by atoms with van der Waals surface area (Å²) in [5.41, 5.74) is 5.62. The molecule has 20 heavy (non-hydrogen) atoms. The van der Waals surface area contributed by atoms with Crippen molar-refractivity contribution in [1.29, 1.82) is 0 Å². The quantitative estimate of drug-likeness (QED) is 0.767. The first-order chi connectivity index (χ1) is 9.63. The van der Waals surface area contributed by atoms with Crippen LogP contribution in [0.2, 0.25) is 0 Å². The number of rotatable bonds is 2. The molecule has 6 nitrogen and oxygen atoms in total. The third-order valence-corrected chi connectivity index (χ3v) is 2.52. The molecule has 3 rings (SSSR count). The molecule has 0 bridgehead atoms. The molecule has 0 radical (unpaired) electrons. The summed E-state index contributed by atoms with van der Waals surface area (Å²) < 4.78 is 28.0. The zero-order chi connectivity index (χ0) is 14.1. The summed E-state index contributed by atoms with van der Waals surface area (Å²) in [4.78, 5) is 11.8. The number of hydrogen-bond donors (Lipinski definition) is 1. The van der Waals surface area contributed by atoms with Gasteiger partial charge in [0.25, 0.3) is 5.95 Å². The summed E-state index contributed by atoms with van der Waals surface area (Å²) in [5, 5.41) is 3.95. The lowest BCUT2D eigenvalue weighted by Crippen LogP contribution is -2.08. The van der Waals surface area contributed by atoms with Gasteiger partial charge in [-0.05, 0) is 18.2 Å². The average molecular weight is 274 g/mol. The normalized spacial score (nSPS) is 10.7. The first-order valence-electron chi connectivity index (χ1n) is 5.60. The van der Waals surface area contributed by atoms with Crippen LogP contribution in [-0.2, 0) is 0 Å². The molecule has 0 spiro atoms. The van der Waals surface area contributed by atoms with Crippen molar-refractivity contribution in [2.24, 2.45) is 0 Å². The van der Waals surface area contributed by atoms with E-state index in [0.29, 0.717) is 0 Å². The van der Waals surface area contributed by atoms with Crippen LogP contribution in [-0.4, -0.2) is 24.7 Å². The summed E-state index contributed by atoms with van der Waals surface area (Å²) >= 11 is 0. The topological polar surface area (TPSA) is 82.5 Å². The monoisotopic (exact) mass is 274 g/mol. The van der Waals surface area contributed by atoms with Gasteiger partial charge < -0.3 is 5.73 Å². The molecule has 0 unspecified atom stereocenters. The van der Waals surface area contributed by atoms with Gasteiger partial charge in [0.15, 0.2) is 5.82 Å². The van der Waals surface area contributed by atoms with Crippen molar-refractivity contribution in [1.82, 2.24) is 24.7 Å². The zero-order valence-corrected chi connectivity index (χ0v) is 10.0. The Morgan fingerprint density at radius 2 is 1.95 bits per heavy atom. The molecule has 0 atom stereocenters. The van der Waals surface area contributed by atoms with E-state index >= 15 is 0 Å². The Morgan fingerprint density at radius 3 is 2.65 bits per heavy atom. The molecule has 2 heterocycles. The highest BCUT2D eigenvalue weighted by molar-refractivity contribution is 5.57. The van der Waals surface area contributed by atoms with Gasteiger partial charge in [-0.25, -0.2) is 13.5 Å². The van der Waals surface area contributed by atoms with E-state index in [-0.39, 0.29) is 23.3 Å². The molecule has 0 amide bonds. The Morgan fingerprint density at radius 1 is 1.10 bits per heavy atom. The van der Waals surface area contributed by atoms with Gasteiger partial charge in [-0.2, -0.15) is 20.1 Å². The van der Waals surface area contributed by atoms with Crippen LogP contribution in [0, 0.1) is 11.6 Å². The maximum Gasteiger partial charge on any atom is 0.255 e. The van der Waals surface area contributed by atoms with Gasteiger partial charge in [0.2, 0.25) is 5.95 Å². The first kappa shape index (κ1) is 12.2. The fraction of sp³-hybridized carbons (Fsp3) is 0. The number of halogens is 2. The Kier molecular flexibility index (Phi) is 2.82. The van der Waals surface area contributed by atoms with Crippen LogP contribution in [0.3, 0.4) is 0 Å². The van der Waals surface area contributed by atoms with Gasteiger partial charge in [-0.15, -0.1) is 0 Å². The van der Waals surface area contributed by atoms with Crippen LogP contribution in [0.1, 0.15) is 0 Å². The average Bonchev–Trinajstić information content (AvgIpc) is 2.91. The molecule has 2 N–H and O–H groups in total. The molecule has 3 aromatic rings. The standard InChI is InChI=1S/C12H8F2N6/c13-7-2-3-8(9(14)6-7)10-17-11(15)19-12(18-10)20-5-1-4-16-20/h1-6H,(H2,15,17,18,19). The van der Waals surface area contributed by atoms with Crippen LogP contribution < -0.4 is 5.73 Å². The van der Waals surface area contributed by atoms with E-state index in [1.165, 1.54) is 16.9 Å². The maximum absolute atomic E-state index is 13.7. The van der Waals surface area contributed by atoms with Crippen molar-refractivity contribution in [3.05, 3.63) is 48.3 Å². The lowest BCUT2D eigenvalue weighted by molar-refractivity contribution is 0.584. The minimum atomic E-state index is -0.776. The molecule has 2 aromatic heterocycles. The van der Waals surface area contributed by atoms with Crippen LogP contribution in [0.25, 0.3) is 17.3 Å². The fourth-order valence-corrected chi connectivity index (χ4v) is 1.66. The predicted molar refractivity (Wildman–Crippen MR) is 66.7 cm³/mol. The summed E-state index contributed by atoms with van der Waals surface area (Å²) in [6, 6.07) is 4.79. The van der Waals surface area contributed by atoms with Gasteiger partial charge in [-0.3, -0.25) is 0 Å². The zero-order valence-electron chi connectivity index (χ0n) is 10.0. The van der Waals surface area contributed by atoms with E-state index in [0.717, 1.165) is 12.1 Å². The Labute approximate surface area is 111 Å². The Balaban J connectivity index is 2.14. The van der Waals surface area contributed by atoms with E-state index < -0.39 is 11.6 Å². The van der Waals surface area contributed by atoms with Crippen LogP contribution in [0.5, 0.6) is 0 Å². The SMILES string of the molecule is Nc1nc(-c2ccc(F)cc2F)nc(-n2cccn2)n1. The maximum atomic E-state index is 13.7. The van der Waals surface area contributed by atoms with Crippen molar-refractivity contribution in [3.8, 4) is 17.3 Å². The second-order valence-electron chi connectivity index (χ2n) is 3.89.